The summed E-state index contributed by atoms with van der Waals surface area (Å²) >= 11 is 0. The zero-order chi connectivity index (χ0) is 28.3. The third-order valence-corrected chi connectivity index (χ3v) is 6.11. The highest BCUT2D eigenvalue weighted by atomic mass is 16.4. The molecule has 12 heteroatoms. The molecule has 1 rings (SSSR count). The second kappa shape index (κ2) is 14.8. The summed E-state index contributed by atoms with van der Waals surface area (Å²) in [5.74, 6) is -4.56. The van der Waals surface area contributed by atoms with Crippen molar-refractivity contribution in [3.8, 4) is 5.75 Å². The predicted octanol–water partition coefficient (Wildman–Crippen LogP) is -0.231. The summed E-state index contributed by atoms with van der Waals surface area (Å²) in [7, 11) is 0. The minimum absolute atomic E-state index is 0.0356. The Bertz CT molecular complexity index is 951. The van der Waals surface area contributed by atoms with Gasteiger partial charge in [0.2, 0.25) is 23.6 Å². The Kier molecular flexibility index (Phi) is 12.5. The SMILES string of the molecule is CCC(C)C(N)C(=O)NC(Cc1ccc(O)cc1)C(=O)NC(C(=O)NC(CCC(N)=O)C(=O)O)C(C)C. The summed E-state index contributed by atoms with van der Waals surface area (Å²) < 4.78 is 0. The number of carboxylic acid groups (broad SMARTS) is 1. The number of aromatic hydroxyl groups is 1. The van der Waals surface area contributed by atoms with Crippen LogP contribution in [0.1, 0.15) is 52.5 Å². The van der Waals surface area contributed by atoms with Crippen molar-refractivity contribution in [1.29, 1.82) is 0 Å². The van der Waals surface area contributed by atoms with Gasteiger partial charge in [-0.05, 0) is 36.0 Å². The molecule has 0 bridgehead atoms. The lowest BCUT2D eigenvalue weighted by atomic mass is 9.97. The second-order valence-electron chi connectivity index (χ2n) is 9.48. The minimum atomic E-state index is -1.38. The van der Waals surface area contributed by atoms with Gasteiger partial charge in [-0.25, -0.2) is 4.79 Å². The van der Waals surface area contributed by atoms with Crippen LogP contribution in [0.15, 0.2) is 24.3 Å². The number of primary amides is 1. The van der Waals surface area contributed by atoms with Gasteiger partial charge in [0, 0.05) is 12.8 Å². The van der Waals surface area contributed by atoms with Crippen LogP contribution in [0.4, 0.5) is 0 Å². The maximum atomic E-state index is 13.3. The molecule has 5 atom stereocenters. The zero-order valence-electron chi connectivity index (χ0n) is 21.7. The normalized spacial score (nSPS) is 15.1. The lowest BCUT2D eigenvalue weighted by molar-refractivity contribution is -0.143. The highest BCUT2D eigenvalue weighted by molar-refractivity contribution is 5.94. The quantitative estimate of drug-likeness (QED) is 0.163. The number of nitrogens with one attached hydrogen (secondary N) is 3. The summed E-state index contributed by atoms with van der Waals surface area (Å²) in [6.45, 7) is 7.03. The van der Waals surface area contributed by atoms with Crippen molar-refractivity contribution >= 4 is 29.6 Å². The number of carbonyl (C=O) groups is 5. The van der Waals surface area contributed by atoms with E-state index in [2.05, 4.69) is 16.0 Å². The minimum Gasteiger partial charge on any atom is -0.508 e. The molecule has 0 aliphatic heterocycles. The van der Waals surface area contributed by atoms with Crippen LogP contribution in [0.2, 0.25) is 0 Å². The summed E-state index contributed by atoms with van der Waals surface area (Å²) in [5.41, 5.74) is 11.8. The van der Waals surface area contributed by atoms with Gasteiger partial charge in [0.25, 0.3) is 0 Å². The van der Waals surface area contributed by atoms with E-state index in [1.807, 2.05) is 13.8 Å². The van der Waals surface area contributed by atoms with Crippen LogP contribution in [-0.4, -0.2) is 64.0 Å². The second-order valence-corrected chi connectivity index (χ2v) is 9.48. The van der Waals surface area contributed by atoms with E-state index < -0.39 is 59.7 Å². The standard InChI is InChI=1S/C25H39N5O7/c1-5-14(4)20(27)23(34)29-18(12-15-6-8-16(31)9-7-15)22(33)30-21(13(2)3)24(35)28-17(25(36)37)10-11-19(26)32/h6-9,13-14,17-18,20-21,31H,5,10-12,27H2,1-4H3,(H2,26,32)(H,28,35)(H,29,34)(H,30,33)(H,36,37). The van der Waals surface area contributed by atoms with Gasteiger partial charge in [-0.1, -0.05) is 46.2 Å². The Labute approximate surface area is 216 Å². The van der Waals surface area contributed by atoms with Gasteiger partial charge in [0.15, 0.2) is 0 Å². The van der Waals surface area contributed by atoms with E-state index in [0.717, 1.165) is 0 Å². The van der Waals surface area contributed by atoms with E-state index in [1.54, 1.807) is 26.0 Å². The summed E-state index contributed by atoms with van der Waals surface area (Å²) in [6.07, 6.45) is 0.253. The maximum absolute atomic E-state index is 13.3. The topological polar surface area (TPSA) is 214 Å². The molecular formula is C25H39N5O7. The molecule has 0 heterocycles. The van der Waals surface area contributed by atoms with Gasteiger partial charge >= 0.3 is 5.97 Å². The molecule has 0 saturated carbocycles. The van der Waals surface area contributed by atoms with Gasteiger partial charge in [-0.2, -0.15) is 0 Å². The molecule has 4 amide bonds. The fourth-order valence-electron chi connectivity index (χ4n) is 3.45. The van der Waals surface area contributed by atoms with Crippen LogP contribution >= 0.6 is 0 Å². The summed E-state index contributed by atoms with van der Waals surface area (Å²) in [4.78, 5) is 61.5. The number of carbonyl (C=O) groups excluding carboxylic acids is 4. The maximum Gasteiger partial charge on any atom is 0.326 e. The fourth-order valence-corrected chi connectivity index (χ4v) is 3.45. The predicted molar refractivity (Wildman–Crippen MR) is 136 cm³/mol. The number of phenols is 1. The van der Waals surface area contributed by atoms with Crippen molar-refractivity contribution in [3.05, 3.63) is 29.8 Å². The van der Waals surface area contributed by atoms with Gasteiger partial charge in [0.05, 0.1) is 6.04 Å². The molecule has 206 valence electrons. The Morgan fingerprint density at radius 3 is 1.95 bits per heavy atom. The monoisotopic (exact) mass is 521 g/mol. The number of rotatable bonds is 15. The first-order valence-corrected chi connectivity index (χ1v) is 12.2. The molecule has 1 aromatic carbocycles. The molecule has 0 radical (unpaired) electrons. The number of benzene rings is 1. The number of nitrogens with two attached hydrogens (primary N) is 2. The van der Waals surface area contributed by atoms with Crippen molar-refractivity contribution in [1.82, 2.24) is 16.0 Å². The average molecular weight is 522 g/mol. The Morgan fingerprint density at radius 2 is 1.46 bits per heavy atom. The number of amides is 4. The molecule has 0 saturated heterocycles. The van der Waals surface area contributed by atoms with E-state index in [0.29, 0.717) is 12.0 Å². The molecule has 1 aromatic rings. The van der Waals surface area contributed by atoms with Crippen LogP contribution in [0.3, 0.4) is 0 Å². The van der Waals surface area contributed by atoms with E-state index in [9.17, 15) is 34.2 Å². The highest BCUT2D eigenvalue weighted by Gasteiger charge is 2.32. The number of hydrogen-bond donors (Lipinski definition) is 7. The van der Waals surface area contributed by atoms with Crippen LogP contribution in [-0.2, 0) is 30.4 Å². The lowest BCUT2D eigenvalue weighted by Crippen LogP contribution is -2.59. The van der Waals surface area contributed by atoms with Crippen molar-refractivity contribution in [2.24, 2.45) is 23.3 Å². The smallest absolute Gasteiger partial charge is 0.326 e. The van der Waals surface area contributed by atoms with Crippen molar-refractivity contribution in [3.63, 3.8) is 0 Å². The Balaban J connectivity index is 3.11. The molecule has 5 unspecified atom stereocenters. The third kappa shape index (κ3) is 10.5. The number of aliphatic carboxylic acids is 1. The first-order chi connectivity index (χ1) is 17.3. The van der Waals surface area contributed by atoms with E-state index in [-0.39, 0.29) is 30.9 Å². The lowest BCUT2D eigenvalue weighted by Gasteiger charge is -2.27. The molecule has 0 spiro atoms. The van der Waals surface area contributed by atoms with Crippen LogP contribution < -0.4 is 27.4 Å². The van der Waals surface area contributed by atoms with Gasteiger partial charge in [-0.3, -0.25) is 19.2 Å². The van der Waals surface area contributed by atoms with E-state index in [1.165, 1.54) is 12.1 Å². The zero-order valence-corrected chi connectivity index (χ0v) is 21.7. The first-order valence-electron chi connectivity index (χ1n) is 12.2. The Hall–Kier alpha value is -3.67. The molecule has 0 aliphatic carbocycles. The van der Waals surface area contributed by atoms with Gasteiger partial charge in [0.1, 0.15) is 23.9 Å². The number of carboxylic acids is 1. The highest BCUT2D eigenvalue weighted by Crippen LogP contribution is 2.13. The van der Waals surface area contributed by atoms with Gasteiger partial charge in [-0.15, -0.1) is 0 Å². The molecule has 9 N–H and O–H groups in total. The molecule has 0 fully saturated rings. The van der Waals surface area contributed by atoms with E-state index >= 15 is 0 Å². The van der Waals surface area contributed by atoms with Crippen LogP contribution in [0, 0.1) is 11.8 Å². The number of phenolic OH excluding ortho intramolecular Hbond substituents is 1. The summed E-state index contributed by atoms with van der Waals surface area (Å²) in [6, 6.07) is 1.61. The van der Waals surface area contributed by atoms with Crippen LogP contribution in [0.5, 0.6) is 5.75 Å². The molecule has 0 aromatic heterocycles. The number of hydrogen-bond acceptors (Lipinski definition) is 7. The summed E-state index contributed by atoms with van der Waals surface area (Å²) in [5, 5.41) is 26.5. The third-order valence-electron chi connectivity index (χ3n) is 6.11. The van der Waals surface area contributed by atoms with Crippen molar-refractivity contribution in [2.75, 3.05) is 0 Å². The molecular weight excluding hydrogens is 482 g/mol. The average Bonchev–Trinajstić information content (AvgIpc) is 2.83. The molecule has 12 nitrogen and oxygen atoms in total. The molecule has 37 heavy (non-hydrogen) atoms. The fraction of sp³-hybridized carbons (Fsp3) is 0.560. The first kappa shape index (κ1) is 31.4. The van der Waals surface area contributed by atoms with Crippen molar-refractivity contribution < 1.29 is 34.2 Å². The molecule has 0 aliphatic rings. The van der Waals surface area contributed by atoms with Crippen molar-refractivity contribution in [2.45, 2.75) is 77.5 Å². The van der Waals surface area contributed by atoms with E-state index in [4.69, 9.17) is 11.5 Å². The van der Waals surface area contributed by atoms with Gasteiger partial charge < -0.3 is 37.6 Å². The largest absolute Gasteiger partial charge is 0.508 e. The van der Waals surface area contributed by atoms with Crippen LogP contribution in [0.25, 0.3) is 0 Å². The Morgan fingerprint density at radius 1 is 0.892 bits per heavy atom.